The van der Waals surface area contributed by atoms with Crippen LogP contribution in [0.15, 0.2) is 18.2 Å². The molecule has 0 unspecified atom stereocenters. The van der Waals surface area contributed by atoms with Crippen LogP contribution in [-0.4, -0.2) is 14.3 Å². The molecule has 0 fully saturated rings. The molecule has 15 heavy (non-hydrogen) atoms. The first-order valence-electron chi connectivity index (χ1n) is 5.09. The number of benzene rings is 1. The van der Waals surface area contributed by atoms with Crippen molar-refractivity contribution in [1.29, 1.82) is 0 Å². The van der Waals surface area contributed by atoms with E-state index in [0.29, 0.717) is 5.56 Å². The second-order valence-electron chi connectivity index (χ2n) is 4.88. The highest BCUT2D eigenvalue weighted by Crippen LogP contribution is 2.13. The largest absolute Gasteiger partial charge is 0.516 e. The minimum atomic E-state index is -1.79. The lowest BCUT2D eigenvalue weighted by Crippen LogP contribution is -2.29. The molecule has 0 atom stereocenters. The Hall–Kier alpha value is -1.09. The summed E-state index contributed by atoms with van der Waals surface area (Å²) in [6.45, 7) is 9.99. The molecule has 1 rings (SSSR count). The fraction of sp³-hybridized carbons (Fsp3) is 0.417. The molecule has 1 aromatic carbocycles. The zero-order chi connectivity index (χ0) is 11.6. The maximum Gasteiger partial charge on any atom is 0.324 e. The van der Waals surface area contributed by atoms with Crippen molar-refractivity contribution in [3.63, 3.8) is 0 Å². The third-order valence-corrected chi connectivity index (χ3v) is 2.65. The average molecular weight is 222 g/mol. The van der Waals surface area contributed by atoms with Crippen LogP contribution < -0.4 is 0 Å². The Morgan fingerprint density at radius 2 is 1.53 bits per heavy atom. The number of hydrogen-bond acceptors (Lipinski definition) is 2. The fourth-order valence-corrected chi connectivity index (χ4v) is 2.10. The summed E-state index contributed by atoms with van der Waals surface area (Å²) in [7, 11) is -1.79. The van der Waals surface area contributed by atoms with E-state index in [4.69, 9.17) is 4.43 Å². The van der Waals surface area contributed by atoms with E-state index in [1.165, 1.54) is 0 Å². The van der Waals surface area contributed by atoms with Crippen molar-refractivity contribution in [2.45, 2.75) is 33.5 Å². The summed E-state index contributed by atoms with van der Waals surface area (Å²) >= 11 is 0. The van der Waals surface area contributed by atoms with Crippen molar-refractivity contribution in [1.82, 2.24) is 0 Å². The first-order chi connectivity index (χ1) is 6.78. The molecule has 0 aliphatic rings. The van der Waals surface area contributed by atoms with Gasteiger partial charge in [-0.2, -0.15) is 0 Å². The van der Waals surface area contributed by atoms with Crippen molar-refractivity contribution in [3.05, 3.63) is 34.9 Å². The van der Waals surface area contributed by atoms with Crippen LogP contribution in [0.4, 0.5) is 0 Å². The second kappa shape index (κ2) is 4.19. The molecule has 0 aliphatic heterocycles. The quantitative estimate of drug-likeness (QED) is 0.718. The zero-order valence-corrected chi connectivity index (χ0v) is 11.0. The Morgan fingerprint density at radius 1 is 1.07 bits per heavy atom. The van der Waals surface area contributed by atoms with Gasteiger partial charge in [0.25, 0.3) is 0 Å². The summed E-state index contributed by atoms with van der Waals surface area (Å²) in [5.74, 6) is -0.194. The molecule has 82 valence electrons. The maximum atomic E-state index is 11.8. The highest BCUT2D eigenvalue weighted by Gasteiger charge is 2.21. The minimum absolute atomic E-state index is 0.194. The van der Waals surface area contributed by atoms with Crippen LogP contribution in [0.5, 0.6) is 0 Å². The van der Waals surface area contributed by atoms with E-state index in [0.717, 1.165) is 11.1 Å². The van der Waals surface area contributed by atoms with Gasteiger partial charge < -0.3 is 4.43 Å². The van der Waals surface area contributed by atoms with Crippen LogP contribution in [0, 0.1) is 13.8 Å². The van der Waals surface area contributed by atoms with Crippen LogP contribution in [0.1, 0.15) is 21.5 Å². The van der Waals surface area contributed by atoms with Gasteiger partial charge in [0, 0.05) is 0 Å². The molecule has 0 spiro atoms. The fourth-order valence-electron chi connectivity index (χ4n) is 1.43. The molecule has 0 bridgehead atoms. The van der Waals surface area contributed by atoms with Gasteiger partial charge in [0.1, 0.15) is 0 Å². The first-order valence-corrected chi connectivity index (χ1v) is 8.50. The van der Waals surface area contributed by atoms with E-state index in [9.17, 15) is 4.79 Å². The van der Waals surface area contributed by atoms with Crippen molar-refractivity contribution in [3.8, 4) is 0 Å². The average Bonchev–Trinajstić information content (AvgIpc) is 1.98. The van der Waals surface area contributed by atoms with Gasteiger partial charge in [-0.15, -0.1) is 0 Å². The summed E-state index contributed by atoms with van der Waals surface area (Å²) in [5, 5.41) is 0. The van der Waals surface area contributed by atoms with E-state index in [2.05, 4.69) is 0 Å². The summed E-state index contributed by atoms with van der Waals surface area (Å²) in [6.07, 6.45) is 0. The highest BCUT2D eigenvalue weighted by atomic mass is 28.4. The smallest absolute Gasteiger partial charge is 0.324 e. The second-order valence-corrected chi connectivity index (χ2v) is 9.31. The molecule has 0 amide bonds. The van der Waals surface area contributed by atoms with Gasteiger partial charge in [0.2, 0.25) is 8.32 Å². The Kier molecular flexibility index (Phi) is 3.34. The van der Waals surface area contributed by atoms with Gasteiger partial charge >= 0.3 is 5.97 Å². The molecule has 0 saturated carbocycles. The number of aryl methyl sites for hydroxylation is 2. The molecule has 0 aliphatic carbocycles. The van der Waals surface area contributed by atoms with Gasteiger partial charge in [-0.3, -0.25) is 0 Å². The van der Waals surface area contributed by atoms with Crippen LogP contribution in [0.3, 0.4) is 0 Å². The highest BCUT2D eigenvalue weighted by molar-refractivity contribution is 6.71. The van der Waals surface area contributed by atoms with Crippen LogP contribution in [-0.2, 0) is 4.43 Å². The monoisotopic (exact) mass is 222 g/mol. The van der Waals surface area contributed by atoms with Gasteiger partial charge in [-0.1, -0.05) is 17.2 Å². The minimum Gasteiger partial charge on any atom is -0.516 e. The number of carbonyl (C=O) groups is 1. The molecular weight excluding hydrogens is 204 g/mol. The SMILES string of the molecule is Cc1cc(C)cc(C(=O)O[Si](C)(C)C)c1. The summed E-state index contributed by atoms with van der Waals surface area (Å²) in [5.41, 5.74) is 2.85. The van der Waals surface area contributed by atoms with Gasteiger partial charge in [0.15, 0.2) is 0 Å². The number of hydrogen-bond donors (Lipinski definition) is 0. The number of rotatable bonds is 2. The summed E-state index contributed by atoms with van der Waals surface area (Å²) in [6, 6.07) is 5.79. The normalized spacial score (nSPS) is 11.3. The van der Waals surface area contributed by atoms with E-state index in [1.807, 2.05) is 51.7 Å². The van der Waals surface area contributed by atoms with Gasteiger partial charge in [-0.05, 0) is 45.6 Å². The Labute approximate surface area is 92.4 Å². The Bertz CT molecular complexity index is 357. The topological polar surface area (TPSA) is 26.3 Å². The standard InChI is InChI=1S/C12H18O2Si/c1-9-6-10(2)8-11(7-9)12(13)14-15(3,4)5/h6-8H,1-5H3. The summed E-state index contributed by atoms with van der Waals surface area (Å²) in [4.78, 5) is 11.8. The molecule has 3 heteroatoms. The third kappa shape index (κ3) is 3.87. The molecule has 0 saturated heterocycles. The third-order valence-electron chi connectivity index (χ3n) is 1.86. The number of carbonyl (C=O) groups excluding carboxylic acids is 1. The Balaban J connectivity index is 2.92. The Morgan fingerprint density at radius 3 is 1.93 bits per heavy atom. The van der Waals surface area contributed by atoms with Crippen molar-refractivity contribution in [2.75, 3.05) is 0 Å². The lowest BCUT2D eigenvalue weighted by atomic mass is 10.1. The van der Waals surface area contributed by atoms with Crippen LogP contribution >= 0.6 is 0 Å². The lowest BCUT2D eigenvalue weighted by molar-refractivity contribution is 0.0724. The van der Waals surface area contributed by atoms with E-state index < -0.39 is 8.32 Å². The lowest BCUT2D eigenvalue weighted by Gasteiger charge is -2.17. The van der Waals surface area contributed by atoms with Crippen LogP contribution in [0.2, 0.25) is 19.6 Å². The van der Waals surface area contributed by atoms with Crippen molar-refractivity contribution in [2.24, 2.45) is 0 Å². The molecule has 2 nitrogen and oxygen atoms in total. The zero-order valence-electron chi connectivity index (χ0n) is 10.0. The van der Waals surface area contributed by atoms with E-state index >= 15 is 0 Å². The molecular formula is C12H18O2Si. The van der Waals surface area contributed by atoms with Crippen molar-refractivity contribution >= 4 is 14.3 Å². The summed E-state index contributed by atoms with van der Waals surface area (Å²) < 4.78 is 5.43. The molecule has 0 heterocycles. The molecule has 1 aromatic rings. The predicted molar refractivity (Wildman–Crippen MR) is 64.7 cm³/mol. The first kappa shape index (κ1) is 12.0. The van der Waals surface area contributed by atoms with Crippen molar-refractivity contribution < 1.29 is 9.22 Å². The van der Waals surface area contributed by atoms with E-state index in [1.54, 1.807) is 0 Å². The maximum absolute atomic E-state index is 11.8. The molecule has 0 radical (unpaired) electrons. The molecule has 0 aromatic heterocycles. The van der Waals surface area contributed by atoms with Gasteiger partial charge in [-0.25, -0.2) is 4.79 Å². The molecule has 0 N–H and O–H groups in total. The van der Waals surface area contributed by atoms with E-state index in [-0.39, 0.29) is 5.97 Å². The van der Waals surface area contributed by atoms with Crippen LogP contribution in [0.25, 0.3) is 0 Å². The van der Waals surface area contributed by atoms with Gasteiger partial charge in [0.05, 0.1) is 5.56 Å². The predicted octanol–water partition coefficient (Wildman–Crippen LogP) is 3.30.